The van der Waals surface area contributed by atoms with E-state index in [0.29, 0.717) is 18.5 Å². The van der Waals surface area contributed by atoms with Gasteiger partial charge in [-0.15, -0.1) is 0 Å². The predicted octanol–water partition coefficient (Wildman–Crippen LogP) is 1.18. The highest BCUT2D eigenvalue weighted by Gasteiger charge is 2.17. The van der Waals surface area contributed by atoms with E-state index in [4.69, 9.17) is 0 Å². The number of rotatable bonds is 6. The van der Waals surface area contributed by atoms with Crippen molar-refractivity contribution in [2.75, 3.05) is 18.5 Å². The second kappa shape index (κ2) is 6.11. The number of aromatic nitrogens is 2. The van der Waals surface area contributed by atoms with Crippen LogP contribution in [0.3, 0.4) is 0 Å². The third-order valence-corrected chi connectivity index (χ3v) is 2.37. The van der Waals surface area contributed by atoms with Gasteiger partial charge in [-0.05, 0) is 13.8 Å². The maximum atomic E-state index is 9.74. The maximum absolute atomic E-state index is 9.74. The Kier molecular flexibility index (Phi) is 5.04. The molecule has 0 atom stereocenters. The first-order valence-electron chi connectivity index (χ1n) is 6.26. The van der Waals surface area contributed by atoms with Gasteiger partial charge in [0.25, 0.3) is 0 Å². The minimum absolute atomic E-state index is 0.447. The molecule has 0 aliphatic rings. The summed E-state index contributed by atoms with van der Waals surface area (Å²) in [6, 6.07) is 0.447. The lowest BCUT2D eigenvalue weighted by Gasteiger charge is -2.25. The number of nitrogens with one attached hydrogen (secondary N) is 1. The summed E-state index contributed by atoms with van der Waals surface area (Å²) in [5.41, 5.74) is 0.305. The Labute approximate surface area is 109 Å². The Hall–Kier alpha value is -1.20. The topological polar surface area (TPSA) is 61.3 Å². The zero-order valence-corrected chi connectivity index (χ0v) is 11.9. The first kappa shape index (κ1) is 14.9. The Balaban J connectivity index is 2.59. The predicted molar refractivity (Wildman–Crippen MR) is 73.6 cm³/mol. The molecule has 0 unspecified atom stereocenters. The number of likely N-dealkylation sites (N-methyl/N-ethyl adjacent to an activating group) is 1. The Morgan fingerprint density at radius 2 is 1.89 bits per heavy atom. The molecule has 0 aliphatic carbocycles. The second-order valence-electron chi connectivity index (χ2n) is 5.60. The quantitative estimate of drug-likeness (QED) is 0.796. The van der Waals surface area contributed by atoms with E-state index in [0.717, 1.165) is 12.1 Å². The first-order valence-corrected chi connectivity index (χ1v) is 6.26. The molecular weight excluding hydrogens is 228 g/mol. The molecule has 102 valence electrons. The molecule has 1 aromatic rings. The summed E-state index contributed by atoms with van der Waals surface area (Å²) in [5, 5.41) is 13.1. The van der Waals surface area contributed by atoms with E-state index < -0.39 is 5.60 Å². The second-order valence-corrected chi connectivity index (χ2v) is 5.60. The van der Waals surface area contributed by atoms with Crippen LogP contribution < -0.4 is 10.2 Å². The molecule has 0 saturated carbocycles. The highest BCUT2D eigenvalue weighted by molar-refractivity contribution is 5.29. The summed E-state index contributed by atoms with van der Waals surface area (Å²) in [7, 11) is 1.87. The lowest BCUT2D eigenvalue weighted by molar-refractivity contribution is 0.0883. The average molecular weight is 252 g/mol. The van der Waals surface area contributed by atoms with Crippen LogP contribution in [-0.2, 0) is 6.54 Å². The van der Waals surface area contributed by atoms with Crippen LogP contribution in [0.1, 0.15) is 33.3 Å². The lowest BCUT2D eigenvalue weighted by atomic mass is 10.1. The van der Waals surface area contributed by atoms with Gasteiger partial charge in [0.05, 0.1) is 5.60 Å². The fourth-order valence-corrected chi connectivity index (χ4v) is 1.61. The van der Waals surface area contributed by atoms with Crippen LogP contribution in [0.25, 0.3) is 0 Å². The fourth-order valence-electron chi connectivity index (χ4n) is 1.61. The van der Waals surface area contributed by atoms with Crippen LogP contribution in [0.15, 0.2) is 12.4 Å². The molecular formula is C13H24N4O. The van der Waals surface area contributed by atoms with Gasteiger partial charge in [-0.2, -0.15) is 0 Å². The fraction of sp³-hybridized carbons (Fsp3) is 0.692. The molecule has 0 radical (unpaired) electrons. The minimum Gasteiger partial charge on any atom is -0.389 e. The molecule has 0 bridgehead atoms. The molecule has 0 saturated heterocycles. The van der Waals surface area contributed by atoms with Crippen molar-refractivity contribution in [2.45, 2.75) is 45.9 Å². The molecule has 5 heteroatoms. The van der Waals surface area contributed by atoms with Gasteiger partial charge >= 0.3 is 0 Å². The van der Waals surface area contributed by atoms with E-state index >= 15 is 0 Å². The molecule has 0 spiro atoms. The normalized spacial score (nSPS) is 11.9. The standard InChI is InChI=1S/C13H24N4O/c1-10(2)14-6-11-7-15-12(16-8-11)17(5)9-13(3,4)18/h7-8,10,14,18H,6,9H2,1-5H3. The summed E-state index contributed by atoms with van der Waals surface area (Å²) in [4.78, 5) is 10.5. The molecule has 0 aliphatic heterocycles. The van der Waals surface area contributed by atoms with Crippen molar-refractivity contribution < 1.29 is 5.11 Å². The molecule has 18 heavy (non-hydrogen) atoms. The molecule has 2 N–H and O–H groups in total. The van der Waals surface area contributed by atoms with Crippen molar-refractivity contribution in [3.8, 4) is 0 Å². The molecule has 1 heterocycles. The third kappa shape index (κ3) is 5.42. The zero-order chi connectivity index (χ0) is 13.8. The van der Waals surface area contributed by atoms with E-state index in [1.807, 2.05) is 24.3 Å². The average Bonchev–Trinajstić information content (AvgIpc) is 2.24. The summed E-state index contributed by atoms with van der Waals surface area (Å²) < 4.78 is 0. The van der Waals surface area contributed by atoms with Crippen LogP contribution in [0, 0.1) is 0 Å². The van der Waals surface area contributed by atoms with E-state index in [1.54, 1.807) is 13.8 Å². The molecule has 5 nitrogen and oxygen atoms in total. The van der Waals surface area contributed by atoms with Crippen molar-refractivity contribution in [2.24, 2.45) is 0 Å². The van der Waals surface area contributed by atoms with Crippen molar-refractivity contribution in [3.05, 3.63) is 18.0 Å². The monoisotopic (exact) mass is 252 g/mol. The van der Waals surface area contributed by atoms with Gasteiger partial charge in [-0.3, -0.25) is 0 Å². The van der Waals surface area contributed by atoms with Crippen LogP contribution in [0.5, 0.6) is 0 Å². The van der Waals surface area contributed by atoms with E-state index in [9.17, 15) is 5.11 Å². The van der Waals surface area contributed by atoms with Gasteiger partial charge in [0.1, 0.15) is 0 Å². The first-order chi connectivity index (χ1) is 8.28. The smallest absolute Gasteiger partial charge is 0.225 e. The number of nitrogens with zero attached hydrogens (tertiary/aromatic N) is 3. The van der Waals surface area contributed by atoms with Crippen molar-refractivity contribution in [1.29, 1.82) is 0 Å². The maximum Gasteiger partial charge on any atom is 0.225 e. The summed E-state index contributed by atoms with van der Waals surface area (Å²) in [6.07, 6.45) is 3.64. The van der Waals surface area contributed by atoms with Gasteiger partial charge in [-0.1, -0.05) is 13.8 Å². The lowest BCUT2D eigenvalue weighted by Crippen LogP contribution is -2.37. The summed E-state index contributed by atoms with van der Waals surface area (Å²) in [6.45, 7) is 9.01. The van der Waals surface area contributed by atoms with Crippen molar-refractivity contribution >= 4 is 5.95 Å². The van der Waals surface area contributed by atoms with E-state index in [2.05, 4.69) is 29.1 Å². The van der Waals surface area contributed by atoms with Gasteiger partial charge < -0.3 is 15.3 Å². The van der Waals surface area contributed by atoms with Gasteiger partial charge in [0.2, 0.25) is 5.95 Å². The van der Waals surface area contributed by atoms with Gasteiger partial charge in [0, 0.05) is 44.1 Å². The molecule has 1 rings (SSSR count). The highest BCUT2D eigenvalue weighted by Crippen LogP contribution is 2.10. The number of hydrogen-bond donors (Lipinski definition) is 2. The van der Waals surface area contributed by atoms with E-state index in [1.165, 1.54) is 0 Å². The van der Waals surface area contributed by atoms with Crippen LogP contribution in [0.2, 0.25) is 0 Å². The summed E-state index contributed by atoms with van der Waals surface area (Å²) >= 11 is 0. The highest BCUT2D eigenvalue weighted by atomic mass is 16.3. The molecule has 0 fully saturated rings. The number of hydrogen-bond acceptors (Lipinski definition) is 5. The van der Waals surface area contributed by atoms with Gasteiger partial charge in [0.15, 0.2) is 0 Å². The number of aliphatic hydroxyl groups is 1. The molecule has 0 aromatic carbocycles. The van der Waals surface area contributed by atoms with Gasteiger partial charge in [-0.25, -0.2) is 9.97 Å². The number of anilines is 1. The SMILES string of the molecule is CC(C)NCc1cnc(N(C)CC(C)(C)O)nc1. The van der Waals surface area contributed by atoms with E-state index in [-0.39, 0.29) is 0 Å². The minimum atomic E-state index is -0.754. The van der Waals surface area contributed by atoms with Crippen molar-refractivity contribution in [1.82, 2.24) is 15.3 Å². The van der Waals surface area contributed by atoms with Crippen LogP contribution in [0.4, 0.5) is 5.95 Å². The van der Waals surface area contributed by atoms with Crippen LogP contribution >= 0.6 is 0 Å². The Morgan fingerprint density at radius 3 is 2.33 bits per heavy atom. The largest absolute Gasteiger partial charge is 0.389 e. The molecule has 0 amide bonds. The zero-order valence-electron chi connectivity index (χ0n) is 11.9. The Morgan fingerprint density at radius 1 is 1.33 bits per heavy atom. The third-order valence-electron chi connectivity index (χ3n) is 2.37. The summed E-state index contributed by atoms with van der Waals surface area (Å²) in [5.74, 6) is 0.630. The van der Waals surface area contributed by atoms with Crippen LogP contribution in [-0.4, -0.2) is 40.3 Å². The van der Waals surface area contributed by atoms with Crippen molar-refractivity contribution in [3.63, 3.8) is 0 Å². The Bertz CT molecular complexity index is 356. The molecule has 1 aromatic heterocycles.